The molecule has 0 spiro atoms. The van der Waals surface area contributed by atoms with Crippen molar-refractivity contribution in [1.82, 2.24) is 4.57 Å². The SMILES string of the molecule is c1ccc(-c2ccc(N(c3ccc(-c4cccc5ccccc45)cc3)c3ccc4cc(-n5c6ccccc6c6cc7ccccc7cc65)ccc4c3)cc2)cc1. The molecule has 0 saturated heterocycles. The Labute approximate surface area is 325 Å². The molecule has 2 nitrogen and oxygen atoms in total. The van der Waals surface area contributed by atoms with Gasteiger partial charge in [0.1, 0.15) is 0 Å². The van der Waals surface area contributed by atoms with Gasteiger partial charge in [0, 0.05) is 33.5 Å². The molecular formula is C54H36N2. The highest BCUT2D eigenvalue weighted by Gasteiger charge is 2.17. The van der Waals surface area contributed by atoms with Gasteiger partial charge in [-0.05, 0) is 121 Å². The maximum Gasteiger partial charge on any atom is 0.0547 e. The zero-order chi connectivity index (χ0) is 37.0. The first-order chi connectivity index (χ1) is 27.7. The fourth-order valence-electron chi connectivity index (χ4n) is 8.58. The smallest absolute Gasteiger partial charge is 0.0547 e. The molecule has 0 radical (unpaired) electrons. The fraction of sp³-hybridized carbons (Fsp3) is 0. The molecule has 11 aromatic rings. The molecule has 1 aromatic heterocycles. The molecule has 0 unspecified atom stereocenters. The van der Waals surface area contributed by atoms with Crippen molar-refractivity contribution in [3.05, 3.63) is 218 Å². The Kier molecular flexibility index (Phi) is 7.53. The van der Waals surface area contributed by atoms with Gasteiger partial charge in [0.2, 0.25) is 0 Å². The van der Waals surface area contributed by atoms with Gasteiger partial charge in [0.25, 0.3) is 0 Å². The number of nitrogens with zero attached hydrogens (tertiary/aromatic N) is 2. The second-order valence-electron chi connectivity index (χ2n) is 14.6. The van der Waals surface area contributed by atoms with Crippen molar-refractivity contribution in [3.8, 4) is 27.9 Å². The Morgan fingerprint density at radius 1 is 0.286 bits per heavy atom. The maximum atomic E-state index is 2.42. The normalized spacial score (nSPS) is 11.6. The van der Waals surface area contributed by atoms with Crippen LogP contribution in [0.2, 0.25) is 0 Å². The number of anilines is 3. The zero-order valence-corrected chi connectivity index (χ0v) is 30.7. The Balaban J connectivity index is 1.02. The minimum Gasteiger partial charge on any atom is -0.310 e. The number of hydrogen-bond acceptors (Lipinski definition) is 1. The van der Waals surface area contributed by atoms with Crippen molar-refractivity contribution >= 4 is 71.2 Å². The van der Waals surface area contributed by atoms with Gasteiger partial charge >= 0.3 is 0 Å². The van der Waals surface area contributed by atoms with E-state index in [9.17, 15) is 0 Å². The van der Waals surface area contributed by atoms with E-state index in [1.54, 1.807) is 0 Å². The van der Waals surface area contributed by atoms with Crippen LogP contribution in [0.3, 0.4) is 0 Å². The third-order valence-corrected chi connectivity index (χ3v) is 11.3. The summed E-state index contributed by atoms with van der Waals surface area (Å²) >= 11 is 0. The molecule has 2 heteroatoms. The predicted molar refractivity (Wildman–Crippen MR) is 239 cm³/mol. The number of hydrogen-bond donors (Lipinski definition) is 0. The van der Waals surface area contributed by atoms with Gasteiger partial charge < -0.3 is 9.47 Å². The first kappa shape index (κ1) is 32.0. The van der Waals surface area contributed by atoms with E-state index in [4.69, 9.17) is 0 Å². The molecule has 0 aliphatic carbocycles. The van der Waals surface area contributed by atoms with Gasteiger partial charge in [-0.2, -0.15) is 0 Å². The third-order valence-electron chi connectivity index (χ3n) is 11.3. The van der Waals surface area contributed by atoms with E-state index in [0.29, 0.717) is 0 Å². The van der Waals surface area contributed by atoms with Crippen molar-refractivity contribution in [2.24, 2.45) is 0 Å². The first-order valence-corrected chi connectivity index (χ1v) is 19.3. The lowest BCUT2D eigenvalue weighted by atomic mass is 9.98. The van der Waals surface area contributed by atoms with E-state index in [1.807, 2.05) is 0 Å². The molecule has 0 atom stereocenters. The van der Waals surface area contributed by atoms with Crippen LogP contribution in [-0.2, 0) is 0 Å². The highest BCUT2D eigenvalue weighted by molar-refractivity contribution is 6.13. The summed E-state index contributed by atoms with van der Waals surface area (Å²) in [5.74, 6) is 0. The Morgan fingerprint density at radius 3 is 1.62 bits per heavy atom. The van der Waals surface area contributed by atoms with Crippen molar-refractivity contribution in [3.63, 3.8) is 0 Å². The Morgan fingerprint density at radius 2 is 0.839 bits per heavy atom. The third kappa shape index (κ3) is 5.42. The minimum absolute atomic E-state index is 1.11. The predicted octanol–water partition coefficient (Wildman–Crippen LogP) is 15.0. The van der Waals surface area contributed by atoms with Crippen LogP contribution in [-0.4, -0.2) is 4.57 Å². The molecule has 1 heterocycles. The molecule has 0 fully saturated rings. The van der Waals surface area contributed by atoms with Crippen LogP contribution in [0.4, 0.5) is 17.1 Å². The highest BCUT2D eigenvalue weighted by Crippen LogP contribution is 2.40. The van der Waals surface area contributed by atoms with Gasteiger partial charge in [-0.1, -0.05) is 152 Å². The summed E-state index contributed by atoms with van der Waals surface area (Å²) in [5.41, 5.74) is 11.8. The van der Waals surface area contributed by atoms with E-state index in [1.165, 1.54) is 76.4 Å². The number of rotatable bonds is 6. The summed E-state index contributed by atoms with van der Waals surface area (Å²) in [6.45, 7) is 0. The average molecular weight is 713 g/mol. The lowest BCUT2D eigenvalue weighted by Gasteiger charge is -2.26. The molecule has 0 bridgehead atoms. The lowest BCUT2D eigenvalue weighted by Crippen LogP contribution is -2.10. The molecule has 11 rings (SSSR count). The first-order valence-electron chi connectivity index (χ1n) is 19.3. The number of fused-ring (bicyclic) bond motifs is 6. The van der Waals surface area contributed by atoms with Crippen LogP contribution >= 0.6 is 0 Å². The summed E-state index contributed by atoms with van der Waals surface area (Å²) in [7, 11) is 0. The molecule has 0 amide bonds. The monoisotopic (exact) mass is 712 g/mol. The van der Waals surface area contributed by atoms with Gasteiger partial charge in [-0.3, -0.25) is 0 Å². The van der Waals surface area contributed by atoms with Gasteiger partial charge in [-0.15, -0.1) is 0 Å². The molecular weight excluding hydrogens is 677 g/mol. The number of para-hydroxylation sites is 1. The van der Waals surface area contributed by atoms with Crippen LogP contribution in [0.15, 0.2) is 218 Å². The molecule has 0 aliphatic heterocycles. The van der Waals surface area contributed by atoms with E-state index in [2.05, 4.69) is 228 Å². The second-order valence-corrected chi connectivity index (χ2v) is 14.6. The van der Waals surface area contributed by atoms with E-state index in [-0.39, 0.29) is 0 Å². The van der Waals surface area contributed by atoms with Crippen molar-refractivity contribution in [2.45, 2.75) is 0 Å². The number of benzene rings is 10. The largest absolute Gasteiger partial charge is 0.310 e. The topological polar surface area (TPSA) is 8.17 Å². The van der Waals surface area contributed by atoms with Gasteiger partial charge in [0.15, 0.2) is 0 Å². The van der Waals surface area contributed by atoms with E-state index < -0.39 is 0 Å². The average Bonchev–Trinajstić information content (AvgIpc) is 3.59. The Bertz CT molecular complexity index is 3220. The van der Waals surface area contributed by atoms with Crippen LogP contribution in [0.5, 0.6) is 0 Å². The zero-order valence-electron chi connectivity index (χ0n) is 30.7. The summed E-state index contributed by atoms with van der Waals surface area (Å²) < 4.78 is 2.42. The van der Waals surface area contributed by atoms with Crippen LogP contribution < -0.4 is 4.90 Å². The van der Waals surface area contributed by atoms with Gasteiger partial charge in [-0.25, -0.2) is 0 Å². The summed E-state index contributed by atoms with van der Waals surface area (Å²) in [6.07, 6.45) is 0. The van der Waals surface area contributed by atoms with E-state index >= 15 is 0 Å². The highest BCUT2D eigenvalue weighted by atomic mass is 15.1. The summed E-state index contributed by atoms with van der Waals surface area (Å²) in [4.78, 5) is 2.37. The maximum absolute atomic E-state index is 2.42. The van der Waals surface area contributed by atoms with Crippen molar-refractivity contribution < 1.29 is 0 Å². The lowest BCUT2D eigenvalue weighted by molar-refractivity contribution is 1.19. The molecule has 262 valence electrons. The molecule has 0 N–H and O–H groups in total. The van der Waals surface area contributed by atoms with Gasteiger partial charge in [0.05, 0.1) is 11.0 Å². The second kappa shape index (κ2) is 13.2. The number of aromatic nitrogens is 1. The van der Waals surface area contributed by atoms with E-state index in [0.717, 1.165) is 22.7 Å². The standard InChI is InChI=1S/C54H36N2/c1-2-11-37(12-3-1)38-21-27-45(28-22-38)55(46-29-23-40(24-30-46)50-19-10-16-39-13-6-7-17-49(39)50)47-31-25-44-34-48(32-26-43(44)33-47)56-53-20-9-8-18-51(53)52-35-41-14-4-5-15-42(41)36-54(52)56/h1-36H. The van der Waals surface area contributed by atoms with Crippen molar-refractivity contribution in [2.75, 3.05) is 4.90 Å². The quantitative estimate of drug-likeness (QED) is 0.167. The molecule has 56 heavy (non-hydrogen) atoms. The Hall–Kier alpha value is -7.42. The van der Waals surface area contributed by atoms with Crippen LogP contribution in [0.25, 0.3) is 82.1 Å². The molecule has 0 aliphatic rings. The van der Waals surface area contributed by atoms with Crippen LogP contribution in [0, 0.1) is 0 Å². The summed E-state index contributed by atoms with van der Waals surface area (Å²) in [5, 5.41) is 9.95. The van der Waals surface area contributed by atoms with Crippen LogP contribution in [0.1, 0.15) is 0 Å². The molecule has 10 aromatic carbocycles. The molecule has 0 saturated carbocycles. The summed E-state index contributed by atoms with van der Waals surface area (Å²) in [6, 6.07) is 79.5. The fourth-order valence-corrected chi connectivity index (χ4v) is 8.58. The minimum atomic E-state index is 1.11. The van der Waals surface area contributed by atoms with Crippen molar-refractivity contribution in [1.29, 1.82) is 0 Å².